The molecule has 0 heteroatoms. The van der Waals surface area contributed by atoms with Crippen molar-refractivity contribution in [2.24, 2.45) is 0 Å². The average Bonchev–Trinajstić information content (AvgIpc) is 2.67. The van der Waals surface area contributed by atoms with E-state index in [9.17, 15) is 0 Å². The van der Waals surface area contributed by atoms with Crippen LogP contribution in [0.2, 0.25) is 0 Å². The zero-order chi connectivity index (χ0) is 15.9. The van der Waals surface area contributed by atoms with E-state index >= 15 is 0 Å². The van der Waals surface area contributed by atoms with Gasteiger partial charge >= 0.3 is 0 Å². The summed E-state index contributed by atoms with van der Waals surface area (Å²) in [5.74, 6) is 0. The van der Waals surface area contributed by atoms with E-state index in [2.05, 4.69) is 84.9 Å². The monoisotopic (exact) mass is 303 g/mol. The fourth-order valence-corrected chi connectivity index (χ4v) is 3.65. The first-order valence-electron chi connectivity index (χ1n) is 8.22. The Balaban J connectivity index is 1.91. The van der Waals surface area contributed by atoms with Gasteiger partial charge in [-0.15, -0.1) is 0 Å². The molecule has 5 aromatic rings. The molecule has 0 nitrogen and oxygen atoms in total. The van der Waals surface area contributed by atoms with Gasteiger partial charge in [-0.1, -0.05) is 91.0 Å². The van der Waals surface area contributed by atoms with Crippen molar-refractivity contribution in [1.82, 2.24) is 0 Å². The van der Waals surface area contributed by atoms with E-state index < -0.39 is 0 Å². The summed E-state index contributed by atoms with van der Waals surface area (Å²) < 4.78 is 0. The van der Waals surface area contributed by atoms with Crippen molar-refractivity contribution in [3.63, 3.8) is 0 Å². The van der Waals surface area contributed by atoms with E-state index in [-0.39, 0.29) is 0 Å². The van der Waals surface area contributed by atoms with Crippen molar-refractivity contribution in [1.29, 1.82) is 0 Å². The summed E-state index contributed by atoms with van der Waals surface area (Å²) in [6, 6.07) is 35.7. The molecule has 0 aromatic heterocycles. The van der Waals surface area contributed by atoms with Crippen LogP contribution in [0.5, 0.6) is 0 Å². The van der Waals surface area contributed by atoms with Crippen LogP contribution in [0.25, 0.3) is 43.4 Å². The minimum absolute atomic E-state index is 1.18. The molecule has 0 spiro atoms. The molecule has 0 aliphatic rings. The molecule has 0 aliphatic carbocycles. The SMILES string of the molecule is [c]1cccc2cccc(-c3cccc4c3ccc3ccccc34)c12. The van der Waals surface area contributed by atoms with Crippen LogP contribution in [-0.4, -0.2) is 0 Å². The van der Waals surface area contributed by atoms with Gasteiger partial charge in [-0.25, -0.2) is 0 Å². The van der Waals surface area contributed by atoms with E-state index in [1.54, 1.807) is 0 Å². The summed E-state index contributed by atoms with van der Waals surface area (Å²) in [6.45, 7) is 0. The highest BCUT2D eigenvalue weighted by Gasteiger charge is 2.09. The molecule has 0 fully saturated rings. The van der Waals surface area contributed by atoms with Crippen LogP contribution >= 0.6 is 0 Å². The Labute approximate surface area is 141 Å². The first-order chi connectivity index (χ1) is 11.9. The maximum atomic E-state index is 3.42. The summed E-state index contributed by atoms with van der Waals surface area (Å²) in [5.41, 5.74) is 2.51. The van der Waals surface area contributed by atoms with Crippen molar-refractivity contribution in [2.45, 2.75) is 0 Å². The Kier molecular flexibility index (Phi) is 2.89. The standard InChI is InChI=1S/C24H15/c1-3-10-19-17(7-1)9-5-12-21(19)23-14-6-13-22-20-11-4-2-8-18(20)15-16-24(22)23/h1-9,11-16H. The summed E-state index contributed by atoms with van der Waals surface area (Å²) in [6.07, 6.45) is 0. The fourth-order valence-electron chi connectivity index (χ4n) is 3.65. The molecule has 5 aromatic carbocycles. The predicted octanol–water partition coefficient (Wildman–Crippen LogP) is 6.61. The molecule has 0 aliphatic heterocycles. The van der Waals surface area contributed by atoms with Gasteiger partial charge in [-0.3, -0.25) is 0 Å². The van der Waals surface area contributed by atoms with Crippen molar-refractivity contribution < 1.29 is 0 Å². The molecule has 24 heavy (non-hydrogen) atoms. The quantitative estimate of drug-likeness (QED) is 0.305. The second kappa shape index (κ2) is 5.21. The lowest BCUT2D eigenvalue weighted by Crippen LogP contribution is -1.85. The first kappa shape index (κ1) is 13.3. The normalized spacial score (nSPS) is 11.3. The lowest BCUT2D eigenvalue weighted by atomic mass is 9.92. The van der Waals surface area contributed by atoms with Gasteiger partial charge in [-0.2, -0.15) is 0 Å². The number of fused-ring (bicyclic) bond motifs is 4. The second-order valence-electron chi connectivity index (χ2n) is 6.13. The zero-order valence-electron chi connectivity index (χ0n) is 13.2. The van der Waals surface area contributed by atoms with E-state index in [1.807, 2.05) is 12.1 Å². The zero-order valence-corrected chi connectivity index (χ0v) is 13.2. The lowest BCUT2D eigenvalue weighted by molar-refractivity contribution is 1.69. The highest BCUT2D eigenvalue weighted by atomic mass is 14.1. The number of benzene rings is 5. The number of rotatable bonds is 1. The van der Waals surface area contributed by atoms with Gasteiger partial charge in [0.1, 0.15) is 0 Å². The number of hydrogen-bond acceptors (Lipinski definition) is 0. The summed E-state index contributed by atoms with van der Waals surface area (Å²) in [5, 5.41) is 7.60. The fraction of sp³-hybridized carbons (Fsp3) is 0. The van der Waals surface area contributed by atoms with Crippen LogP contribution in [-0.2, 0) is 0 Å². The van der Waals surface area contributed by atoms with Crippen molar-refractivity contribution >= 4 is 32.3 Å². The molecule has 1 radical (unpaired) electrons. The van der Waals surface area contributed by atoms with Gasteiger partial charge in [0.15, 0.2) is 0 Å². The number of hydrogen-bond donors (Lipinski definition) is 0. The van der Waals surface area contributed by atoms with Gasteiger partial charge in [0.25, 0.3) is 0 Å². The summed E-state index contributed by atoms with van der Waals surface area (Å²) in [7, 11) is 0. The predicted molar refractivity (Wildman–Crippen MR) is 103 cm³/mol. The Morgan fingerprint density at radius 3 is 2.21 bits per heavy atom. The van der Waals surface area contributed by atoms with E-state index in [4.69, 9.17) is 0 Å². The van der Waals surface area contributed by atoms with Crippen LogP contribution in [0, 0.1) is 6.07 Å². The molecule has 0 N–H and O–H groups in total. The molecule has 0 saturated carbocycles. The van der Waals surface area contributed by atoms with E-state index in [0.717, 1.165) is 0 Å². The topological polar surface area (TPSA) is 0 Å². The van der Waals surface area contributed by atoms with Crippen LogP contribution in [0.3, 0.4) is 0 Å². The molecule has 0 heterocycles. The van der Waals surface area contributed by atoms with Crippen molar-refractivity contribution in [3.8, 4) is 11.1 Å². The lowest BCUT2D eigenvalue weighted by Gasteiger charge is -2.11. The highest BCUT2D eigenvalue weighted by molar-refractivity contribution is 6.14. The van der Waals surface area contributed by atoms with Gasteiger partial charge in [-0.05, 0) is 49.5 Å². The molecule has 0 atom stereocenters. The molecule has 111 valence electrons. The highest BCUT2D eigenvalue weighted by Crippen LogP contribution is 2.36. The molecule has 0 saturated heterocycles. The molecular weight excluding hydrogens is 288 g/mol. The first-order valence-corrected chi connectivity index (χ1v) is 8.22. The van der Waals surface area contributed by atoms with Crippen LogP contribution in [0.15, 0.2) is 91.0 Å². The summed E-state index contributed by atoms with van der Waals surface area (Å²) in [4.78, 5) is 0. The molecule has 0 amide bonds. The van der Waals surface area contributed by atoms with Gasteiger partial charge in [0.2, 0.25) is 0 Å². The molecular formula is C24H15. The third-order valence-corrected chi connectivity index (χ3v) is 4.77. The largest absolute Gasteiger partial charge is 0.0616 e. The van der Waals surface area contributed by atoms with Crippen LogP contribution < -0.4 is 0 Å². The summed E-state index contributed by atoms with van der Waals surface area (Å²) >= 11 is 0. The minimum atomic E-state index is 1.18. The van der Waals surface area contributed by atoms with Crippen LogP contribution in [0.4, 0.5) is 0 Å². The average molecular weight is 303 g/mol. The van der Waals surface area contributed by atoms with Crippen molar-refractivity contribution in [3.05, 3.63) is 97.1 Å². The Morgan fingerprint density at radius 1 is 0.458 bits per heavy atom. The second-order valence-corrected chi connectivity index (χ2v) is 6.13. The van der Waals surface area contributed by atoms with E-state index in [0.29, 0.717) is 0 Å². The molecule has 0 bridgehead atoms. The maximum absolute atomic E-state index is 3.42. The maximum Gasteiger partial charge on any atom is -0.00264 e. The third kappa shape index (κ3) is 1.93. The Morgan fingerprint density at radius 2 is 1.21 bits per heavy atom. The van der Waals surface area contributed by atoms with Crippen LogP contribution in [0.1, 0.15) is 0 Å². The smallest absolute Gasteiger partial charge is 0.00264 e. The third-order valence-electron chi connectivity index (χ3n) is 4.77. The minimum Gasteiger partial charge on any atom is -0.0616 e. The Bertz CT molecular complexity index is 1190. The molecule has 0 unspecified atom stereocenters. The van der Waals surface area contributed by atoms with Gasteiger partial charge < -0.3 is 0 Å². The van der Waals surface area contributed by atoms with Crippen molar-refractivity contribution in [2.75, 3.05) is 0 Å². The molecule has 5 rings (SSSR count). The van der Waals surface area contributed by atoms with E-state index in [1.165, 1.54) is 43.4 Å². The van der Waals surface area contributed by atoms with Gasteiger partial charge in [0, 0.05) is 0 Å². The Hall–Kier alpha value is -3.12. The van der Waals surface area contributed by atoms with Gasteiger partial charge in [0.05, 0.1) is 0 Å².